The molecule has 1 amide bonds. The molecule has 2 rings (SSSR count). The molecule has 8 nitrogen and oxygen atoms in total. The molecular formula is C14H17Cl2N5O3. The van der Waals surface area contributed by atoms with Crippen LogP contribution in [0, 0.1) is 10.1 Å². The first-order chi connectivity index (χ1) is 10.9. The Morgan fingerprint density at radius 3 is 2.75 bits per heavy atom. The van der Waals surface area contributed by atoms with Crippen molar-refractivity contribution in [3.05, 3.63) is 56.9 Å². The number of carbonyl (C=O) groups is 1. The van der Waals surface area contributed by atoms with Crippen LogP contribution in [0.4, 0.5) is 5.69 Å². The molecule has 0 saturated carbocycles. The maximum Gasteiger partial charge on any atom is 0.269 e. The molecule has 0 spiro atoms. The first-order valence-corrected chi connectivity index (χ1v) is 7.16. The maximum absolute atomic E-state index is 12.3. The first kappa shape index (κ1) is 19.9. The topological polar surface area (TPSA) is 102 Å². The average molecular weight is 374 g/mol. The summed E-state index contributed by atoms with van der Waals surface area (Å²) < 4.78 is 1.60. The highest BCUT2D eigenvalue weighted by molar-refractivity contribution is 6.31. The normalized spacial score (nSPS) is 11.5. The van der Waals surface area contributed by atoms with Gasteiger partial charge >= 0.3 is 0 Å². The Hall–Kier alpha value is -2.16. The van der Waals surface area contributed by atoms with E-state index < -0.39 is 11.0 Å². The predicted octanol–water partition coefficient (Wildman–Crippen LogP) is 1.98. The summed E-state index contributed by atoms with van der Waals surface area (Å²) in [6.07, 6.45) is 3.34. The number of nitrogens with zero attached hydrogens (tertiary/aromatic N) is 3. The van der Waals surface area contributed by atoms with Crippen LogP contribution in [0.3, 0.4) is 0 Å². The lowest BCUT2D eigenvalue weighted by molar-refractivity contribution is -0.384. The van der Waals surface area contributed by atoms with Crippen molar-refractivity contribution in [2.45, 2.75) is 12.6 Å². The van der Waals surface area contributed by atoms with E-state index in [1.807, 2.05) is 0 Å². The fourth-order valence-corrected chi connectivity index (χ4v) is 2.32. The molecule has 1 aromatic heterocycles. The molecule has 0 aliphatic carbocycles. The molecule has 0 saturated heterocycles. The van der Waals surface area contributed by atoms with Crippen LogP contribution in [0.25, 0.3) is 0 Å². The van der Waals surface area contributed by atoms with E-state index in [0.717, 1.165) is 5.56 Å². The van der Waals surface area contributed by atoms with E-state index in [1.165, 1.54) is 18.2 Å². The number of likely N-dealkylation sites (N-methyl/N-ethyl adjacent to an activating group) is 1. The van der Waals surface area contributed by atoms with Crippen molar-refractivity contribution in [2.75, 3.05) is 7.05 Å². The molecular weight excluding hydrogens is 357 g/mol. The van der Waals surface area contributed by atoms with Gasteiger partial charge in [0.2, 0.25) is 5.91 Å². The number of non-ortho nitro benzene ring substituents is 1. The third kappa shape index (κ3) is 4.67. The standard InChI is InChI=1S/C14H16ClN5O3.ClH/c1-16-13(10-7-18-19(2)8-10)14(21)17-6-9-5-11(20(22)23)3-4-12(9)15;/h3-5,7-8,13,16H,6H2,1-2H3,(H,17,21);1H. The van der Waals surface area contributed by atoms with E-state index in [2.05, 4.69) is 15.7 Å². The summed E-state index contributed by atoms with van der Waals surface area (Å²) in [4.78, 5) is 22.6. The summed E-state index contributed by atoms with van der Waals surface area (Å²) in [7, 11) is 3.43. The fraction of sp³-hybridized carbons (Fsp3) is 0.286. The zero-order valence-corrected chi connectivity index (χ0v) is 14.6. The summed E-state index contributed by atoms with van der Waals surface area (Å²) in [5.41, 5.74) is 1.13. The minimum atomic E-state index is -0.568. The minimum absolute atomic E-state index is 0. The molecule has 1 atom stereocenters. The highest BCUT2D eigenvalue weighted by atomic mass is 35.5. The van der Waals surface area contributed by atoms with Crippen molar-refractivity contribution in [3.63, 3.8) is 0 Å². The minimum Gasteiger partial charge on any atom is -0.350 e. The number of nitro groups is 1. The smallest absolute Gasteiger partial charge is 0.269 e. The molecule has 2 aromatic rings. The van der Waals surface area contributed by atoms with Crippen molar-refractivity contribution in [1.29, 1.82) is 0 Å². The largest absolute Gasteiger partial charge is 0.350 e. The van der Waals surface area contributed by atoms with Gasteiger partial charge in [-0.3, -0.25) is 19.6 Å². The van der Waals surface area contributed by atoms with Gasteiger partial charge in [-0.15, -0.1) is 12.4 Å². The Balaban J connectivity index is 0.00000288. The number of halogens is 2. The number of hydrogen-bond donors (Lipinski definition) is 2. The van der Waals surface area contributed by atoms with Gasteiger partial charge in [0.1, 0.15) is 6.04 Å². The summed E-state index contributed by atoms with van der Waals surface area (Å²) in [6, 6.07) is 3.54. The van der Waals surface area contributed by atoms with Gasteiger partial charge in [-0.25, -0.2) is 0 Å². The van der Waals surface area contributed by atoms with Crippen LogP contribution in [0.5, 0.6) is 0 Å². The Kier molecular flexibility index (Phi) is 7.15. The zero-order valence-electron chi connectivity index (χ0n) is 13.0. The molecule has 1 aromatic carbocycles. The summed E-state index contributed by atoms with van der Waals surface area (Å²) in [5.74, 6) is -0.275. The number of nitrogens with one attached hydrogen (secondary N) is 2. The Labute approximate surface area is 149 Å². The Bertz CT molecular complexity index is 735. The highest BCUT2D eigenvalue weighted by Crippen LogP contribution is 2.22. The molecule has 0 radical (unpaired) electrons. The number of amides is 1. The van der Waals surface area contributed by atoms with Crippen LogP contribution >= 0.6 is 24.0 Å². The fourth-order valence-electron chi connectivity index (χ4n) is 2.13. The average Bonchev–Trinajstić information content (AvgIpc) is 2.93. The van der Waals surface area contributed by atoms with Gasteiger partial charge < -0.3 is 10.6 Å². The Morgan fingerprint density at radius 2 is 2.21 bits per heavy atom. The second-order valence-corrected chi connectivity index (χ2v) is 5.33. The number of hydrogen-bond acceptors (Lipinski definition) is 5. The van der Waals surface area contributed by atoms with Crippen LogP contribution in [0.1, 0.15) is 17.2 Å². The van der Waals surface area contributed by atoms with Crippen molar-refractivity contribution in [1.82, 2.24) is 20.4 Å². The SMILES string of the molecule is CNC(C(=O)NCc1cc([N+](=O)[O-])ccc1Cl)c1cnn(C)c1.Cl. The number of aryl methyl sites for hydroxylation is 1. The molecule has 1 heterocycles. The number of carbonyl (C=O) groups excluding carboxylic acids is 1. The van der Waals surface area contributed by atoms with E-state index in [9.17, 15) is 14.9 Å². The number of benzene rings is 1. The number of rotatable bonds is 6. The second kappa shape index (κ2) is 8.62. The van der Waals surface area contributed by atoms with Crippen molar-refractivity contribution in [2.24, 2.45) is 7.05 Å². The third-order valence-electron chi connectivity index (χ3n) is 3.30. The summed E-state index contributed by atoms with van der Waals surface area (Å²) >= 11 is 6.02. The molecule has 24 heavy (non-hydrogen) atoms. The van der Waals surface area contributed by atoms with Gasteiger partial charge in [0.25, 0.3) is 5.69 Å². The van der Waals surface area contributed by atoms with Crippen molar-refractivity contribution < 1.29 is 9.72 Å². The van der Waals surface area contributed by atoms with Gasteiger partial charge in [0.15, 0.2) is 0 Å². The van der Waals surface area contributed by atoms with E-state index >= 15 is 0 Å². The number of aromatic nitrogens is 2. The lowest BCUT2D eigenvalue weighted by atomic mass is 10.1. The first-order valence-electron chi connectivity index (χ1n) is 6.78. The Morgan fingerprint density at radius 1 is 1.50 bits per heavy atom. The maximum atomic E-state index is 12.3. The molecule has 2 N–H and O–H groups in total. The molecule has 10 heteroatoms. The van der Waals surface area contributed by atoms with Crippen LogP contribution in [0.2, 0.25) is 5.02 Å². The van der Waals surface area contributed by atoms with Gasteiger partial charge in [-0.2, -0.15) is 5.10 Å². The van der Waals surface area contributed by atoms with Gasteiger partial charge in [0.05, 0.1) is 11.1 Å². The lowest BCUT2D eigenvalue weighted by Gasteiger charge is -2.15. The van der Waals surface area contributed by atoms with Crippen LogP contribution < -0.4 is 10.6 Å². The summed E-state index contributed by atoms with van der Waals surface area (Å²) in [6.45, 7) is 0.0950. The number of nitro benzene ring substituents is 1. The van der Waals surface area contributed by atoms with Crippen molar-refractivity contribution >= 4 is 35.6 Å². The molecule has 0 bridgehead atoms. The lowest BCUT2D eigenvalue weighted by Crippen LogP contribution is -2.35. The van der Waals surface area contributed by atoms with E-state index in [1.54, 1.807) is 31.2 Å². The zero-order chi connectivity index (χ0) is 17.0. The van der Waals surface area contributed by atoms with E-state index in [0.29, 0.717) is 10.6 Å². The van der Waals surface area contributed by atoms with Gasteiger partial charge in [0, 0.05) is 42.5 Å². The molecule has 0 aliphatic heterocycles. The third-order valence-corrected chi connectivity index (χ3v) is 3.67. The van der Waals surface area contributed by atoms with Gasteiger partial charge in [-0.1, -0.05) is 11.6 Å². The van der Waals surface area contributed by atoms with Crippen LogP contribution in [0.15, 0.2) is 30.6 Å². The van der Waals surface area contributed by atoms with E-state index in [4.69, 9.17) is 11.6 Å². The molecule has 0 fully saturated rings. The monoisotopic (exact) mass is 373 g/mol. The predicted molar refractivity (Wildman–Crippen MR) is 92.2 cm³/mol. The second-order valence-electron chi connectivity index (χ2n) is 4.92. The van der Waals surface area contributed by atoms with Crippen LogP contribution in [-0.4, -0.2) is 27.7 Å². The molecule has 1 unspecified atom stereocenters. The highest BCUT2D eigenvalue weighted by Gasteiger charge is 2.20. The van der Waals surface area contributed by atoms with E-state index in [-0.39, 0.29) is 30.5 Å². The van der Waals surface area contributed by atoms with Crippen molar-refractivity contribution in [3.8, 4) is 0 Å². The molecule has 0 aliphatic rings. The van der Waals surface area contributed by atoms with Gasteiger partial charge in [-0.05, 0) is 18.7 Å². The van der Waals surface area contributed by atoms with Crippen LogP contribution in [-0.2, 0) is 18.4 Å². The summed E-state index contributed by atoms with van der Waals surface area (Å²) in [5, 5.41) is 20.8. The quantitative estimate of drug-likeness (QED) is 0.595. The molecule has 130 valence electrons.